The number of nitriles is 1. The van der Waals surface area contributed by atoms with E-state index in [4.69, 9.17) is 37.7 Å². The molecule has 2 aromatic heterocycles. The molecule has 332 valence electrons. The molecule has 8 rings (SSSR count). The fourth-order valence-corrected chi connectivity index (χ4v) is 10.3. The van der Waals surface area contributed by atoms with Crippen LogP contribution in [-0.4, -0.2) is 94.0 Å². The van der Waals surface area contributed by atoms with E-state index in [1.807, 2.05) is 84.9 Å². The molecule has 2 unspecified atom stereocenters. The van der Waals surface area contributed by atoms with Crippen LogP contribution in [-0.2, 0) is 28.9 Å². The van der Waals surface area contributed by atoms with Gasteiger partial charge in [-0.15, -0.1) is 0 Å². The highest BCUT2D eigenvalue weighted by molar-refractivity contribution is 7.44. The first-order valence-electron chi connectivity index (χ1n) is 21.2. The first-order valence-corrected chi connectivity index (χ1v) is 22.3. The lowest BCUT2D eigenvalue weighted by Gasteiger charge is -2.41. The van der Waals surface area contributed by atoms with E-state index in [9.17, 15) is 10.1 Å². The number of imidazole rings is 1. The maximum atomic E-state index is 13.3. The standard InChI is InChI=1S/C48H52N7O8P/c1-32(2)55(33(3)4)64(61-27-13-26-49)63-42-41-46(54-31-52-40-43(50-30-51-44(40)54)53-45(56)34-14-9-7-10-15-34)62-47(42,28-59-41)29-60-48(35-16-11-8-12-17-35,36-18-22-38(57-5)23-19-36)37-20-24-39(58-6)25-21-37/h7-12,14-25,30-33,41-42,46H,13,27-29H2,1-6H3,(H,50,51,53,56)/t41?,42-,46-,47-,64?/m1/s1. The van der Waals surface area contributed by atoms with Crippen LogP contribution in [0.25, 0.3) is 11.2 Å². The summed E-state index contributed by atoms with van der Waals surface area (Å²) >= 11 is 0. The van der Waals surface area contributed by atoms with E-state index in [0.29, 0.717) is 28.2 Å². The molecule has 16 heteroatoms. The van der Waals surface area contributed by atoms with Crippen molar-refractivity contribution in [2.75, 3.05) is 39.4 Å². The van der Waals surface area contributed by atoms with E-state index in [0.717, 1.165) is 16.7 Å². The van der Waals surface area contributed by atoms with E-state index in [1.165, 1.54) is 6.33 Å². The minimum absolute atomic E-state index is 0.0116. The SMILES string of the molecule is COc1ccc(C(OC[C@@]23COC([C@H](n4cnc5c(NC(=O)c6ccccc6)ncnc54)O2)[C@H]3OP(OCCC#N)N(C(C)C)C(C)C)(c2ccccc2)c2ccc(OC)cc2)cc1. The van der Waals surface area contributed by atoms with Gasteiger partial charge < -0.3 is 38.0 Å². The van der Waals surface area contributed by atoms with Gasteiger partial charge in [0.05, 0.1) is 52.9 Å². The van der Waals surface area contributed by atoms with Crippen molar-refractivity contribution in [1.29, 1.82) is 5.26 Å². The fourth-order valence-electron chi connectivity index (χ4n) is 8.47. The number of hydrogen-bond donors (Lipinski definition) is 1. The molecule has 4 heterocycles. The van der Waals surface area contributed by atoms with Gasteiger partial charge in [0.15, 0.2) is 23.2 Å². The Balaban J connectivity index is 1.23. The molecule has 4 aromatic carbocycles. The van der Waals surface area contributed by atoms with Crippen molar-refractivity contribution in [3.8, 4) is 17.6 Å². The van der Waals surface area contributed by atoms with Crippen LogP contribution in [0.2, 0.25) is 0 Å². The molecule has 0 radical (unpaired) electrons. The van der Waals surface area contributed by atoms with Crippen molar-refractivity contribution in [3.63, 3.8) is 0 Å². The van der Waals surface area contributed by atoms with Crippen LogP contribution < -0.4 is 14.8 Å². The van der Waals surface area contributed by atoms with E-state index < -0.39 is 38.2 Å². The van der Waals surface area contributed by atoms with Crippen molar-refractivity contribution >= 4 is 31.4 Å². The van der Waals surface area contributed by atoms with Gasteiger partial charge >= 0.3 is 0 Å². The summed E-state index contributed by atoms with van der Waals surface area (Å²) in [6.45, 7) is 8.65. The van der Waals surface area contributed by atoms with E-state index in [1.54, 1.807) is 49.4 Å². The Morgan fingerprint density at radius 1 is 0.891 bits per heavy atom. The molecule has 2 fully saturated rings. The van der Waals surface area contributed by atoms with Crippen LogP contribution >= 0.6 is 8.53 Å². The summed E-state index contributed by atoms with van der Waals surface area (Å²) in [4.78, 5) is 27.0. The summed E-state index contributed by atoms with van der Waals surface area (Å²) in [5, 5.41) is 12.4. The molecule has 0 saturated carbocycles. The predicted octanol–water partition coefficient (Wildman–Crippen LogP) is 8.43. The smallest absolute Gasteiger partial charge is 0.259 e. The lowest BCUT2D eigenvalue weighted by atomic mass is 9.79. The normalized spacial score (nSPS) is 19.9. The number of carbonyl (C=O) groups excluding carboxylic acids is 1. The lowest BCUT2D eigenvalue weighted by molar-refractivity contribution is -0.202. The Bertz CT molecular complexity index is 2480. The molecule has 2 saturated heterocycles. The Hall–Kier alpha value is -5.82. The molecule has 2 bridgehead atoms. The number of methoxy groups -OCH3 is 2. The third kappa shape index (κ3) is 8.71. The van der Waals surface area contributed by atoms with Gasteiger partial charge in [0.1, 0.15) is 41.2 Å². The van der Waals surface area contributed by atoms with Gasteiger partial charge in [-0.25, -0.2) is 19.6 Å². The van der Waals surface area contributed by atoms with E-state index in [2.05, 4.69) is 53.7 Å². The fraction of sp³-hybridized carbons (Fsp3) is 0.354. The summed E-state index contributed by atoms with van der Waals surface area (Å²) in [5.74, 6) is 1.31. The zero-order valence-corrected chi connectivity index (χ0v) is 37.6. The molecule has 1 N–H and O–H groups in total. The predicted molar refractivity (Wildman–Crippen MR) is 241 cm³/mol. The summed E-state index contributed by atoms with van der Waals surface area (Å²) in [5.41, 5.74) is 1.42. The molecular weight excluding hydrogens is 834 g/mol. The topological polar surface area (TPSA) is 164 Å². The summed E-state index contributed by atoms with van der Waals surface area (Å²) in [6.07, 6.45) is 0.930. The third-order valence-electron chi connectivity index (χ3n) is 11.4. The maximum absolute atomic E-state index is 13.3. The first kappa shape index (κ1) is 44.8. The highest BCUT2D eigenvalue weighted by Crippen LogP contribution is 2.56. The lowest BCUT2D eigenvalue weighted by Crippen LogP contribution is -2.49. The average Bonchev–Trinajstić information content (AvgIpc) is 4.00. The minimum atomic E-state index is -1.76. The Labute approximate surface area is 374 Å². The van der Waals surface area contributed by atoms with E-state index >= 15 is 0 Å². The van der Waals surface area contributed by atoms with Gasteiger partial charge in [0, 0.05) is 17.6 Å². The average molecular weight is 886 g/mol. The van der Waals surface area contributed by atoms with Gasteiger partial charge in [-0.2, -0.15) is 5.26 Å². The van der Waals surface area contributed by atoms with Gasteiger partial charge in [0.2, 0.25) is 0 Å². The number of anilines is 1. The Kier molecular flexibility index (Phi) is 13.6. The van der Waals surface area contributed by atoms with Gasteiger partial charge in [-0.1, -0.05) is 72.8 Å². The van der Waals surface area contributed by atoms with Crippen LogP contribution in [0.1, 0.15) is 67.4 Å². The molecular formula is C48H52N7O8P. The number of ether oxygens (including phenoxy) is 5. The van der Waals surface area contributed by atoms with Crippen molar-refractivity contribution in [1.82, 2.24) is 24.2 Å². The highest BCUT2D eigenvalue weighted by atomic mass is 31.2. The molecule has 0 spiro atoms. The molecule has 15 nitrogen and oxygen atoms in total. The summed E-state index contributed by atoms with van der Waals surface area (Å²) < 4.78 is 50.3. The van der Waals surface area contributed by atoms with Crippen LogP contribution in [0, 0.1) is 11.3 Å². The number of amides is 1. The van der Waals surface area contributed by atoms with Crippen molar-refractivity contribution in [2.24, 2.45) is 0 Å². The second-order valence-electron chi connectivity index (χ2n) is 16.1. The van der Waals surface area contributed by atoms with Gasteiger partial charge in [0.25, 0.3) is 14.4 Å². The number of carbonyl (C=O) groups is 1. The Morgan fingerprint density at radius 3 is 2.09 bits per heavy atom. The van der Waals surface area contributed by atoms with Crippen molar-refractivity contribution in [2.45, 2.75) is 75.8 Å². The molecule has 2 aliphatic rings. The second kappa shape index (κ2) is 19.5. The number of aromatic nitrogens is 4. The monoisotopic (exact) mass is 885 g/mol. The van der Waals surface area contributed by atoms with Crippen LogP contribution in [0.4, 0.5) is 5.82 Å². The van der Waals surface area contributed by atoms with Gasteiger partial charge in [-0.05, 0) is 80.8 Å². The zero-order valence-electron chi connectivity index (χ0n) is 36.7. The summed E-state index contributed by atoms with van der Waals surface area (Å²) in [7, 11) is 1.52. The molecule has 1 amide bonds. The minimum Gasteiger partial charge on any atom is -0.497 e. The third-order valence-corrected chi connectivity index (χ3v) is 13.6. The molecule has 64 heavy (non-hydrogen) atoms. The van der Waals surface area contributed by atoms with Crippen LogP contribution in [0.15, 0.2) is 122 Å². The maximum Gasteiger partial charge on any atom is 0.259 e. The number of rotatable bonds is 19. The number of hydrogen-bond acceptors (Lipinski definition) is 13. The largest absolute Gasteiger partial charge is 0.497 e. The quantitative estimate of drug-likeness (QED) is 0.0469. The van der Waals surface area contributed by atoms with Crippen molar-refractivity contribution in [3.05, 3.63) is 144 Å². The number of nitrogens with one attached hydrogen (secondary N) is 1. The number of nitrogens with zero attached hydrogens (tertiary/aromatic N) is 6. The first-order chi connectivity index (χ1) is 31.1. The second-order valence-corrected chi connectivity index (χ2v) is 17.5. The van der Waals surface area contributed by atoms with E-state index in [-0.39, 0.29) is 50.1 Å². The van der Waals surface area contributed by atoms with Gasteiger partial charge in [-0.3, -0.25) is 9.36 Å². The van der Waals surface area contributed by atoms with Crippen molar-refractivity contribution < 1.29 is 37.5 Å². The number of fused-ring (bicyclic) bond motifs is 3. The zero-order chi connectivity index (χ0) is 44.8. The molecule has 0 aliphatic carbocycles. The Morgan fingerprint density at radius 2 is 1.50 bits per heavy atom. The van der Waals surface area contributed by atoms with Crippen LogP contribution in [0.5, 0.6) is 11.5 Å². The molecule has 2 aliphatic heterocycles. The summed E-state index contributed by atoms with van der Waals surface area (Å²) in [6, 6.07) is 36.9. The van der Waals surface area contributed by atoms with Crippen LogP contribution in [0.3, 0.4) is 0 Å². The highest BCUT2D eigenvalue weighted by Gasteiger charge is 2.65. The molecule has 5 atom stereocenters. The number of benzene rings is 4. The molecule has 6 aromatic rings.